The van der Waals surface area contributed by atoms with Gasteiger partial charge in [0.25, 0.3) is 0 Å². The van der Waals surface area contributed by atoms with Crippen molar-refractivity contribution in [3.8, 4) is 5.75 Å². The highest BCUT2D eigenvalue weighted by atomic mass is 35.5. The van der Waals surface area contributed by atoms with E-state index in [2.05, 4.69) is 4.90 Å². The zero-order valence-electron chi connectivity index (χ0n) is 20.0. The summed E-state index contributed by atoms with van der Waals surface area (Å²) in [5.74, 6) is 0.785. The predicted octanol–water partition coefficient (Wildman–Crippen LogP) is 6.12. The first-order chi connectivity index (χ1) is 16.5. The van der Waals surface area contributed by atoms with Crippen molar-refractivity contribution >= 4 is 21.6 Å². The molecule has 1 aliphatic carbocycles. The molecule has 7 heteroatoms. The second-order valence-electron chi connectivity index (χ2n) is 9.51. The first kappa shape index (κ1) is 25.5. The third-order valence-electron chi connectivity index (χ3n) is 7.03. The van der Waals surface area contributed by atoms with Crippen LogP contribution < -0.4 is 4.74 Å². The zero-order valence-corrected chi connectivity index (χ0v) is 21.6. The van der Waals surface area contributed by atoms with Crippen LogP contribution in [-0.4, -0.2) is 49.9 Å². The zero-order chi connectivity index (χ0) is 23.8. The van der Waals surface area contributed by atoms with Crippen LogP contribution in [0.5, 0.6) is 5.75 Å². The summed E-state index contributed by atoms with van der Waals surface area (Å²) in [5.41, 5.74) is 0.920. The van der Waals surface area contributed by atoms with Gasteiger partial charge >= 0.3 is 0 Å². The average molecular weight is 505 g/mol. The van der Waals surface area contributed by atoms with Gasteiger partial charge in [-0.05, 0) is 75.5 Å². The van der Waals surface area contributed by atoms with Crippen molar-refractivity contribution < 1.29 is 13.2 Å². The summed E-state index contributed by atoms with van der Waals surface area (Å²) in [4.78, 5) is 2.81. The van der Waals surface area contributed by atoms with E-state index in [0.29, 0.717) is 23.1 Å². The lowest BCUT2D eigenvalue weighted by Gasteiger charge is -2.34. The SMILES string of the molecule is O=S(=O)(c1ccc(Cl)cc1)N(Cc1ccccc1OCCCN1CCCCC1)C1CCCCC1. The molecule has 2 aromatic carbocycles. The summed E-state index contributed by atoms with van der Waals surface area (Å²) in [5, 5.41) is 0.534. The third kappa shape index (κ3) is 6.75. The molecular weight excluding hydrogens is 468 g/mol. The number of hydrogen-bond donors (Lipinski definition) is 0. The highest BCUT2D eigenvalue weighted by molar-refractivity contribution is 7.89. The molecule has 0 bridgehead atoms. The maximum atomic E-state index is 13.7. The lowest BCUT2D eigenvalue weighted by molar-refractivity contribution is 0.203. The molecule has 1 aliphatic heterocycles. The molecular formula is C27H37ClN2O3S. The molecule has 1 heterocycles. The number of likely N-dealkylation sites (tertiary alicyclic amines) is 1. The molecule has 0 unspecified atom stereocenters. The summed E-state index contributed by atoms with van der Waals surface area (Å²) in [6.45, 7) is 4.39. The van der Waals surface area contributed by atoms with Crippen molar-refractivity contribution in [2.24, 2.45) is 0 Å². The van der Waals surface area contributed by atoms with Crippen molar-refractivity contribution in [3.63, 3.8) is 0 Å². The van der Waals surface area contributed by atoms with Crippen molar-refractivity contribution in [1.29, 1.82) is 0 Å². The molecule has 0 atom stereocenters. The fourth-order valence-corrected chi connectivity index (χ4v) is 6.91. The van der Waals surface area contributed by atoms with Crippen molar-refractivity contribution in [1.82, 2.24) is 9.21 Å². The Bertz CT molecular complexity index is 1000. The van der Waals surface area contributed by atoms with Gasteiger partial charge in [-0.2, -0.15) is 4.31 Å². The van der Waals surface area contributed by atoms with E-state index < -0.39 is 10.0 Å². The second-order valence-corrected chi connectivity index (χ2v) is 11.8. The van der Waals surface area contributed by atoms with Crippen molar-refractivity contribution in [2.75, 3.05) is 26.2 Å². The Morgan fingerprint density at radius 2 is 1.59 bits per heavy atom. The standard InChI is InChI=1S/C27H37ClN2O3S/c28-24-14-16-26(17-15-24)34(31,32)30(25-11-3-1-4-12-25)22-23-10-5-6-13-27(23)33-21-9-20-29-18-7-2-8-19-29/h5-6,10,13-17,25H,1-4,7-9,11-12,18-22H2. The Balaban J connectivity index is 1.48. The fraction of sp³-hybridized carbons (Fsp3) is 0.556. The smallest absolute Gasteiger partial charge is 0.243 e. The van der Waals surface area contributed by atoms with Crippen LogP contribution >= 0.6 is 11.6 Å². The average Bonchev–Trinajstić information content (AvgIpc) is 2.87. The monoisotopic (exact) mass is 504 g/mol. The largest absolute Gasteiger partial charge is 0.493 e. The van der Waals surface area contributed by atoms with E-state index in [9.17, 15) is 8.42 Å². The molecule has 2 aliphatic rings. The van der Waals surface area contributed by atoms with E-state index in [-0.39, 0.29) is 6.04 Å². The number of halogens is 1. The maximum Gasteiger partial charge on any atom is 0.243 e. The Labute approximate surface area is 210 Å². The molecule has 5 nitrogen and oxygen atoms in total. The van der Waals surface area contributed by atoms with E-state index in [0.717, 1.165) is 50.0 Å². The van der Waals surface area contributed by atoms with Crippen LogP contribution in [0.2, 0.25) is 5.02 Å². The highest BCUT2D eigenvalue weighted by Gasteiger charge is 2.33. The predicted molar refractivity (Wildman–Crippen MR) is 138 cm³/mol. The Hall–Kier alpha value is -1.60. The number of nitrogens with zero attached hydrogens (tertiary/aromatic N) is 2. The van der Waals surface area contributed by atoms with Gasteiger partial charge in [0, 0.05) is 29.7 Å². The molecule has 0 amide bonds. The number of benzene rings is 2. The van der Waals surface area contributed by atoms with Crippen LogP contribution in [-0.2, 0) is 16.6 Å². The second kappa shape index (κ2) is 12.4. The van der Waals surface area contributed by atoms with Crippen molar-refractivity contribution in [3.05, 3.63) is 59.1 Å². The van der Waals surface area contributed by atoms with Crippen LogP contribution in [0.1, 0.15) is 63.4 Å². The molecule has 186 valence electrons. The number of ether oxygens (including phenoxy) is 1. The molecule has 0 N–H and O–H groups in total. The van der Waals surface area contributed by atoms with Gasteiger partial charge < -0.3 is 9.64 Å². The minimum absolute atomic E-state index is 0.00147. The van der Waals surface area contributed by atoms with Gasteiger partial charge in [0.15, 0.2) is 0 Å². The first-order valence-corrected chi connectivity index (χ1v) is 14.6. The topological polar surface area (TPSA) is 49.9 Å². The van der Waals surface area contributed by atoms with Gasteiger partial charge in [0.05, 0.1) is 11.5 Å². The normalized spacial score (nSPS) is 18.3. The number of sulfonamides is 1. The Morgan fingerprint density at radius 1 is 0.912 bits per heavy atom. The summed E-state index contributed by atoms with van der Waals surface area (Å²) < 4.78 is 35.3. The Kier molecular flexibility index (Phi) is 9.29. The Morgan fingerprint density at radius 3 is 2.32 bits per heavy atom. The third-order valence-corrected chi connectivity index (χ3v) is 9.19. The molecule has 34 heavy (non-hydrogen) atoms. The van der Waals surface area contributed by atoms with Crippen LogP contribution in [0.4, 0.5) is 0 Å². The van der Waals surface area contributed by atoms with E-state index in [1.54, 1.807) is 28.6 Å². The van der Waals surface area contributed by atoms with Crippen molar-refractivity contribution in [2.45, 2.75) is 75.3 Å². The number of hydrogen-bond acceptors (Lipinski definition) is 4. The number of para-hydroxylation sites is 1. The van der Waals surface area contributed by atoms with Gasteiger partial charge in [-0.15, -0.1) is 0 Å². The summed E-state index contributed by atoms with van der Waals surface area (Å²) in [6.07, 6.45) is 9.99. The lowest BCUT2D eigenvalue weighted by Crippen LogP contribution is -2.41. The van der Waals surface area contributed by atoms with Gasteiger partial charge in [-0.3, -0.25) is 0 Å². The molecule has 2 fully saturated rings. The fourth-order valence-electron chi connectivity index (χ4n) is 5.12. The summed E-state index contributed by atoms with van der Waals surface area (Å²) >= 11 is 6.02. The van der Waals surface area contributed by atoms with Crippen LogP contribution in [0.15, 0.2) is 53.4 Å². The van der Waals surface area contributed by atoms with Crippen LogP contribution in [0.25, 0.3) is 0 Å². The summed E-state index contributed by atoms with van der Waals surface area (Å²) in [6, 6.07) is 14.4. The minimum Gasteiger partial charge on any atom is -0.493 e. The highest BCUT2D eigenvalue weighted by Crippen LogP contribution is 2.32. The van der Waals surface area contributed by atoms with Crippen LogP contribution in [0, 0.1) is 0 Å². The van der Waals surface area contributed by atoms with E-state index in [1.807, 2.05) is 24.3 Å². The molecule has 1 saturated heterocycles. The molecule has 2 aromatic rings. The maximum absolute atomic E-state index is 13.7. The molecule has 0 radical (unpaired) electrons. The van der Waals surface area contributed by atoms with Gasteiger partial charge in [-0.25, -0.2) is 8.42 Å². The van der Waals surface area contributed by atoms with Gasteiger partial charge in [0.2, 0.25) is 10.0 Å². The molecule has 0 spiro atoms. The number of rotatable bonds is 10. The minimum atomic E-state index is -3.66. The molecule has 1 saturated carbocycles. The first-order valence-electron chi connectivity index (χ1n) is 12.7. The van der Waals surface area contributed by atoms with E-state index in [1.165, 1.54) is 38.8 Å². The molecule has 4 rings (SSSR count). The lowest BCUT2D eigenvalue weighted by atomic mass is 9.95. The van der Waals surface area contributed by atoms with Crippen LogP contribution in [0.3, 0.4) is 0 Å². The van der Waals surface area contributed by atoms with E-state index in [4.69, 9.17) is 16.3 Å². The quantitative estimate of drug-likeness (QED) is 0.366. The molecule has 0 aromatic heterocycles. The van der Waals surface area contributed by atoms with Gasteiger partial charge in [0.1, 0.15) is 5.75 Å². The summed E-state index contributed by atoms with van der Waals surface area (Å²) in [7, 11) is -3.66. The number of piperidine rings is 1. The van der Waals surface area contributed by atoms with Gasteiger partial charge in [-0.1, -0.05) is 55.5 Å². The van der Waals surface area contributed by atoms with E-state index >= 15 is 0 Å².